The summed E-state index contributed by atoms with van der Waals surface area (Å²) in [6, 6.07) is 0.349. The van der Waals surface area contributed by atoms with Crippen molar-refractivity contribution >= 4 is 5.91 Å². The van der Waals surface area contributed by atoms with E-state index in [2.05, 4.69) is 12.2 Å². The van der Waals surface area contributed by atoms with Gasteiger partial charge in [-0.15, -0.1) is 0 Å². The molecule has 3 nitrogen and oxygen atoms in total. The van der Waals surface area contributed by atoms with E-state index < -0.39 is 0 Å². The average molecular weight is 224 g/mol. The molecule has 3 heteroatoms. The number of carbonyl (C=O) groups excluding carboxylic acids is 1. The van der Waals surface area contributed by atoms with Gasteiger partial charge < -0.3 is 11.1 Å². The Morgan fingerprint density at radius 1 is 1.38 bits per heavy atom. The number of rotatable bonds is 4. The maximum absolute atomic E-state index is 12.2. The van der Waals surface area contributed by atoms with E-state index in [9.17, 15) is 4.79 Å². The van der Waals surface area contributed by atoms with Gasteiger partial charge in [0.1, 0.15) is 0 Å². The molecule has 2 aliphatic rings. The molecule has 2 fully saturated rings. The Morgan fingerprint density at radius 2 is 2.12 bits per heavy atom. The van der Waals surface area contributed by atoms with Crippen molar-refractivity contribution < 1.29 is 4.79 Å². The third-order valence-corrected chi connectivity index (χ3v) is 4.75. The largest absolute Gasteiger partial charge is 0.353 e. The second kappa shape index (κ2) is 4.74. The van der Waals surface area contributed by atoms with Gasteiger partial charge in [-0.1, -0.05) is 19.8 Å². The summed E-state index contributed by atoms with van der Waals surface area (Å²) in [6.07, 6.45) is 7.87. The Hall–Kier alpha value is -0.570. The summed E-state index contributed by atoms with van der Waals surface area (Å²) in [5.74, 6) is 0.810. The number of amides is 1. The molecule has 2 aliphatic carbocycles. The van der Waals surface area contributed by atoms with Crippen LogP contribution in [0.2, 0.25) is 0 Å². The van der Waals surface area contributed by atoms with Crippen LogP contribution in [0.25, 0.3) is 0 Å². The van der Waals surface area contributed by atoms with Crippen LogP contribution in [0.3, 0.4) is 0 Å². The number of nitrogens with two attached hydrogens (primary N) is 1. The molecule has 0 aromatic rings. The number of carbonyl (C=O) groups is 1. The van der Waals surface area contributed by atoms with Crippen LogP contribution in [-0.4, -0.2) is 18.5 Å². The molecule has 92 valence electrons. The second-order valence-electron chi connectivity index (χ2n) is 5.49. The molecule has 0 heterocycles. The zero-order valence-electron chi connectivity index (χ0n) is 10.3. The van der Waals surface area contributed by atoms with Crippen LogP contribution < -0.4 is 11.1 Å². The lowest BCUT2D eigenvalue weighted by Crippen LogP contribution is -2.50. The molecule has 0 saturated heterocycles. The molecule has 2 atom stereocenters. The Kier molecular flexibility index (Phi) is 3.53. The predicted molar refractivity (Wildman–Crippen MR) is 64.9 cm³/mol. The highest BCUT2D eigenvalue weighted by atomic mass is 16.2. The van der Waals surface area contributed by atoms with Gasteiger partial charge in [0.25, 0.3) is 0 Å². The quantitative estimate of drug-likeness (QED) is 0.765. The summed E-state index contributed by atoms with van der Waals surface area (Å²) in [4.78, 5) is 12.2. The van der Waals surface area contributed by atoms with Crippen LogP contribution in [-0.2, 0) is 4.79 Å². The van der Waals surface area contributed by atoms with Gasteiger partial charge in [-0.25, -0.2) is 0 Å². The number of hydrogen-bond donors (Lipinski definition) is 2. The van der Waals surface area contributed by atoms with Crippen LogP contribution >= 0.6 is 0 Å². The van der Waals surface area contributed by atoms with Crippen molar-refractivity contribution in [2.24, 2.45) is 17.1 Å². The maximum Gasteiger partial charge on any atom is 0.226 e. The minimum Gasteiger partial charge on any atom is -0.353 e. The van der Waals surface area contributed by atoms with Gasteiger partial charge in [-0.2, -0.15) is 0 Å². The third kappa shape index (κ3) is 1.97. The first-order valence-corrected chi connectivity index (χ1v) is 6.73. The van der Waals surface area contributed by atoms with E-state index in [1.807, 2.05) is 0 Å². The standard InChI is InChI=1S/C13H24N2O/c1-2-13(7-4-8-13)12(16)15-11-6-3-5-10(11)9-14/h10-11H,2-9,14H2,1H3,(H,15,16). The molecule has 0 aliphatic heterocycles. The minimum atomic E-state index is -0.0261. The van der Waals surface area contributed by atoms with Crippen molar-refractivity contribution in [1.29, 1.82) is 0 Å². The molecule has 0 spiro atoms. The molecular formula is C13H24N2O. The molecule has 0 radical (unpaired) electrons. The molecule has 0 aromatic carbocycles. The normalized spacial score (nSPS) is 32.1. The molecule has 2 rings (SSSR count). The topological polar surface area (TPSA) is 55.1 Å². The van der Waals surface area contributed by atoms with Crippen molar-refractivity contribution in [3.05, 3.63) is 0 Å². The van der Waals surface area contributed by atoms with Crippen LogP contribution in [0.15, 0.2) is 0 Å². The van der Waals surface area contributed by atoms with Gasteiger partial charge in [0, 0.05) is 11.5 Å². The van der Waals surface area contributed by atoms with E-state index in [-0.39, 0.29) is 5.41 Å². The van der Waals surface area contributed by atoms with Crippen LogP contribution in [0.4, 0.5) is 0 Å². The van der Waals surface area contributed by atoms with Crippen LogP contribution in [0.1, 0.15) is 51.9 Å². The third-order valence-electron chi connectivity index (χ3n) is 4.75. The Bertz CT molecular complexity index is 255. The Morgan fingerprint density at radius 3 is 2.62 bits per heavy atom. The van der Waals surface area contributed by atoms with E-state index in [0.29, 0.717) is 24.4 Å². The van der Waals surface area contributed by atoms with E-state index in [1.165, 1.54) is 19.3 Å². The zero-order chi connectivity index (χ0) is 11.6. The number of nitrogens with one attached hydrogen (secondary N) is 1. The highest BCUT2D eigenvalue weighted by molar-refractivity contribution is 5.83. The monoisotopic (exact) mass is 224 g/mol. The van der Waals surface area contributed by atoms with Crippen LogP contribution in [0, 0.1) is 11.3 Å². The van der Waals surface area contributed by atoms with E-state index in [1.54, 1.807) is 0 Å². The second-order valence-corrected chi connectivity index (χ2v) is 5.49. The molecule has 3 N–H and O–H groups in total. The first-order chi connectivity index (χ1) is 7.72. The average Bonchev–Trinajstić information content (AvgIpc) is 2.64. The van der Waals surface area contributed by atoms with Gasteiger partial charge in [-0.05, 0) is 44.6 Å². The Labute approximate surface area is 98.2 Å². The predicted octanol–water partition coefficient (Wildman–Crippen LogP) is 1.81. The van der Waals surface area contributed by atoms with Crippen LogP contribution in [0.5, 0.6) is 0 Å². The zero-order valence-corrected chi connectivity index (χ0v) is 10.3. The van der Waals surface area contributed by atoms with Crippen molar-refractivity contribution in [2.75, 3.05) is 6.54 Å². The lowest BCUT2D eigenvalue weighted by atomic mass is 9.66. The molecule has 2 unspecified atom stereocenters. The fourth-order valence-corrected chi connectivity index (χ4v) is 3.18. The summed E-state index contributed by atoms with van der Waals surface area (Å²) >= 11 is 0. The first-order valence-electron chi connectivity index (χ1n) is 6.73. The van der Waals surface area contributed by atoms with Crippen molar-refractivity contribution in [3.8, 4) is 0 Å². The lowest BCUT2D eigenvalue weighted by Gasteiger charge is -2.40. The van der Waals surface area contributed by atoms with Gasteiger partial charge in [0.2, 0.25) is 5.91 Å². The summed E-state index contributed by atoms with van der Waals surface area (Å²) in [5.41, 5.74) is 5.71. The Balaban J connectivity index is 1.91. The van der Waals surface area contributed by atoms with E-state index in [4.69, 9.17) is 5.73 Å². The molecule has 0 aromatic heterocycles. The highest BCUT2D eigenvalue weighted by Crippen LogP contribution is 2.44. The SMILES string of the molecule is CCC1(C(=O)NC2CCCC2CN)CCC1. The smallest absolute Gasteiger partial charge is 0.226 e. The van der Waals surface area contributed by atoms with Gasteiger partial charge >= 0.3 is 0 Å². The van der Waals surface area contributed by atoms with Gasteiger partial charge in [-0.3, -0.25) is 4.79 Å². The number of hydrogen-bond acceptors (Lipinski definition) is 2. The lowest BCUT2D eigenvalue weighted by molar-refractivity contribution is -0.137. The minimum absolute atomic E-state index is 0.0261. The van der Waals surface area contributed by atoms with E-state index >= 15 is 0 Å². The molecule has 2 saturated carbocycles. The van der Waals surface area contributed by atoms with Crippen molar-refractivity contribution in [2.45, 2.75) is 57.9 Å². The maximum atomic E-state index is 12.2. The van der Waals surface area contributed by atoms with Gasteiger partial charge in [0.15, 0.2) is 0 Å². The summed E-state index contributed by atoms with van der Waals surface area (Å²) in [5, 5.41) is 3.25. The van der Waals surface area contributed by atoms with Crippen molar-refractivity contribution in [1.82, 2.24) is 5.32 Å². The van der Waals surface area contributed by atoms with Crippen molar-refractivity contribution in [3.63, 3.8) is 0 Å². The molecule has 1 amide bonds. The summed E-state index contributed by atoms with van der Waals surface area (Å²) in [7, 11) is 0. The fraction of sp³-hybridized carbons (Fsp3) is 0.923. The summed E-state index contributed by atoms with van der Waals surface area (Å²) < 4.78 is 0. The fourth-order valence-electron chi connectivity index (χ4n) is 3.18. The molecular weight excluding hydrogens is 200 g/mol. The molecule has 0 bridgehead atoms. The van der Waals surface area contributed by atoms with E-state index in [0.717, 1.165) is 25.7 Å². The molecule has 16 heavy (non-hydrogen) atoms. The first kappa shape index (κ1) is 11.9. The van der Waals surface area contributed by atoms with Gasteiger partial charge in [0.05, 0.1) is 0 Å². The highest BCUT2D eigenvalue weighted by Gasteiger charge is 2.43. The summed E-state index contributed by atoms with van der Waals surface area (Å²) in [6.45, 7) is 2.85.